The normalized spacial score (nSPS) is 11.6. The fourth-order valence-electron chi connectivity index (χ4n) is 2.10. The SMILES string of the molecule is CC(C)OCCNC(=O)CCC(=O)c1ccc(C(C)(C)C)cc1. The predicted molar refractivity (Wildman–Crippen MR) is 92.8 cm³/mol. The third kappa shape index (κ3) is 7.42. The number of ether oxygens (including phenoxy) is 1. The molecule has 4 nitrogen and oxygen atoms in total. The minimum Gasteiger partial charge on any atom is -0.377 e. The van der Waals surface area contributed by atoms with Crippen LogP contribution in [0.3, 0.4) is 0 Å². The molecule has 4 heteroatoms. The van der Waals surface area contributed by atoms with E-state index in [-0.39, 0.29) is 36.1 Å². The first-order valence-corrected chi connectivity index (χ1v) is 8.22. The summed E-state index contributed by atoms with van der Waals surface area (Å²) in [7, 11) is 0. The number of carbonyl (C=O) groups excluding carboxylic acids is 2. The van der Waals surface area contributed by atoms with Crippen molar-refractivity contribution >= 4 is 11.7 Å². The largest absolute Gasteiger partial charge is 0.377 e. The molecule has 1 aromatic carbocycles. The number of hydrogen-bond donors (Lipinski definition) is 1. The lowest BCUT2D eigenvalue weighted by Gasteiger charge is -2.18. The molecule has 0 aliphatic carbocycles. The Balaban J connectivity index is 2.37. The van der Waals surface area contributed by atoms with Crippen molar-refractivity contribution in [3.05, 3.63) is 35.4 Å². The first kappa shape index (κ1) is 19.4. The molecule has 0 aliphatic rings. The van der Waals surface area contributed by atoms with Crippen LogP contribution in [0.4, 0.5) is 0 Å². The van der Waals surface area contributed by atoms with Gasteiger partial charge in [-0.05, 0) is 24.8 Å². The van der Waals surface area contributed by atoms with E-state index in [2.05, 4.69) is 26.1 Å². The van der Waals surface area contributed by atoms with E-state index in [0.717, 1.165) is 0 Å². The molecular formula is C19H29NO3. The molecule has 0 unspecified atom stereocenters. The molecule has 0 heterocycles. The number of benzene rings is 1. The first-order chi connectivity index (χ1) is 10.7. The Hall–Kier alpha value is -1.68. The lowest BCUT2D eigenvalue weighted by atomic mass is 9.86. The number of hydrogen-bond acceptors (Lipinski definition) is 3. The van der Waals surface area contributed by atoms with Crippen molar-refractivity contribution in [3.63, 3.8) is 0 Å². The summed E-state index contributed by atoms with van der Waals surface area (Å²) in [5.74, 6) is -0.115. The Morgan fingerprint density at radius 2 is 1.70 bits per heavy atom. The summed E-state index contributed by atoms with van der Waals surface area (Å²) in [6.45, 7) is 11.3. The predicted octanol–water partition coefficient (Wildman–Crippen LogP) is 3.49. The van der Waals surface area contributed by atoms with Gasteiger partial charge in [0.15, 0.2) is 5.78 Å². The Morgan fingerprint density at radius 1 is 1.09 bits per heavy atom. The monoisotopic (exact) mass is 319 g/mol. The number of rotatable bonds is 8. The van der Waals surface area contributed by atoms with Crippen molar-refractivity contribution in [1.82, 2.24) is 5.32 Å². The second-order valence-electron chi connectivity index (χ2n) is 7.02. The van der Waals surface area contributed by atoms with E-state index in [0.29, 0.717) is 18.7 Å². The molecule has 0 spiro atoms. The molecule has 1 amide bonds. The molecule has 23 heavy (non-hydrogen) atoms. The van der Waals surface area contributed by atoms with Gasteiger partial charge in [0.1, 0.15) is 0 Å². The van der Waals surface area contributed by atoms with Crippen LogP contribution >= 0.6 is 0 Å². The van der Waals surface area contributed by atoms with Gasteiger partial charge in [0.05, 0.1) is 12.7 Å². The third-order valence-corrected chi connectivity index (χ3v) is 3.53. The van der Waals surface area contributed by atoms with Crippen LogP contribution in [0.15, 0.2) is 24.3 Å². The molecule has 0 saturated heterocycles. The number of Topliss-reactive ketones (excluding diaryl/α,β-unsaturated/α-hetero) is 1. The summed E-state index contributed by atoms with van der Waals surface area (Å²) in [5.41, 5.74) is 1.92. The molecule has 0 saturated carbocycles. The lowest BCUT2D eigenvalue weighted by Crippen LogP contribution is -2.28. The highest BCUT2D eigenvalue weighted by atomic mass is 16.5. The molecule has 0 radical (unpaired) electrons. The maximum absolute atomic E-state index is 12.1. The number of ketones is 1. The first-order valence-electron chi connectivity index (χ1n) is 8.22. The summed E-state index contributed by atoms with van der Waals surface area (Å²) >= 11 is 0. The van der Waals surface area contributed by atoms with Gasteiger partial charge >= 0.3 is 0 Å². The Kier molecular flexibility index (Phi) is 7.43. The van der Waals surface area contributed by atoms with E-state index < -0.39 is 0 Å². The molecule has 128 valence electrons. The van der Waals surface area contributed by atoms with Crippen LogP contribution in [0.5, 0.6) is 0 Å². The second-order valence-corrected chi connectivity index (χ2v) is 7.02. The van der Waals surface area contributed by atoms with Crippen LogP contribution in [-0.4, -0.2) is 30.9 Å². The van der Waals surface area contributed by atoms with Crippen molar-refractivity contribution in [2.75, 3.05) is 13.2 Å². The van der Waals surface area contributed by atoms with Gasteiger partial charge in [0, 0.05) is 24.9 Å². The van der Waals surface area contributed by atoms with E-state index in [1.807, 2.05) is 38.1 Å². The summed E-state index contributed by atoms with van der Waals surface area (Å²) in [4.78, 5) is 23.8. The summed E-state index contributed by atoms with van der Waals surface area (Å²) in [6, 6.07) is 7.65. The smallest absolute Gasteiger partial charge is 0.220 e. The highest BCUT2D eigenvalue weighted by molar-refractivity contribution is 5.97. The fraction of sp³-hybridized carbons (Fsp3) is 0.579. The van der Waals surface area contributed by atoms with Crippen molar-refractivity contribution in [1.29, 1.82) is 0 Å². The van der Waals surface area contributed by atoms with Crippen molar-refractivity contribution in [3.8, 4) is 0 Å². The quantitative estimate of drug-likeness (QED) is 0.589. The average Bonchev–Trinajstić information content (AvgIpc) is 2.48. The maximum atomic E-state index is 12.1. The van der Waals surface area contributed by atoms with Crippen LogP contribution in [0.1, 0.15) is 63.4 Å². The zero-order valence-electron chi connectivity index (χ0n) is 14.9. The zero-order chi connectivity index (χ0) is 17.5. The molecule has 0 fully saturated rings. The van der Waals surface area contributed by atoms with Gasteiger partial charge in [-0.3, -0.25) is 9.59 Å². The van der Waals surface area contributed by atoms with Gasteiger partial charge in [-0.25, -0.2) is 0 Å². The molecule has 1 N–H and O–H groups in total. The summed E-state index contributed by atoms with van der Waals surface area (Å²) < 4.78 is 5.34. The fourth-order valence-corrected chi connectivity index (χ4v) is 2.10. The number of amides is 1. The molecule has 1 rings (SSSR count). The lowest BCUT2D eigenvalue weighted by molar-refractivity contribution is -0.121. The van der Waals surface area contributed by atoms with E-state index in [1.54, 1.807) is 0 Å². The Morgan fingerprint density at radius 3 is 2.22 bits per heavy atom. The molecular weight excluding hydrogens is 290 g/mol. The minimum atomic E-state index is -0.114. The molecule has 1 aromatic rings. The summed E-state index contributed by atoms with van der Waals surface area (Å²) in [5, 5.41) is 2.76. The molecule has 0 aromatic heterocycles. The Labute approximate surface area is 139 Å². The standard InChI is InChI=1S/C19H29NO3/c1-14(2)23-13-12-20-18(22)11-10-17(21)15-6-8-16(9-7-15)19(3,4)5/h6-9,14H,10-13H2,1-5H3,(H,20,22). The van der Waals surface area contributed by atoms with Crippen LogP contribution < -0.4 is 5.32 Å². The van der Waals surface area contributed by atoms with Crippen LogP contribution in [0, 0.1) is 0 Å². The highest BCUT2D eigenvalue weighted by Gasteiger charge is 2.14. The van der Waals surface area contributed by atoms with Gasteiger partial charge in [-0.2, -0.15) is 0 Å². The van der Waals surface area contributed by atoms with Gasteiger partial charge < -0.3 is 10.1 Å². The molecule has 0 aliphatic heterocycles. The summed E-state index contributed by atoms with van der Waals surface area (Å²) in [6.07, 6.45) is 0.595. The van der Waals surface area contributed by atoms with Crippen LogP contribution in [0.2, 0.25) is 0 Å². The number of carbonyl (C=O) groups is 2. The average molecular weight is 319 g/mol. The minimum absolute atomic E-state index is 0.000889. The van der Waals surface area contributed by atoms with Gasteiger partial charge in [0.25, 0.3) is 0 Å². The van der Waals surface area contributed by atoms with E-state index in [1.165, 1.54) is 5.56 Å². The molecule has 0 atom stereocenters. The van der Waals surface area contributed by atoms with E-state index in [9.17, 15) is 9.59 Å². The van der Waals surface area contributed by atoms with Crippen LogP contribution in [-0.2, 0) is 14.9 Å². The van der Waals surface area contributed by atoms with Gasteiger partial charge in [-0.15, -0.1) is 0 Å². The van der Waals surface area contributed by atoms with Crippen LogP contribution in [0.25, 0.3) is 0 Å². The van der Waals surface area contributed by atoms with E-state index in [4.69, 9.17) is 4.74 Å². The molecule has 0 bridgehead atoms. The third-order valence-electron chi connectivity index (χ3n) is 3.53. The zero-order valence-corrected chi connectivity index (χ0v) is 14.9. The number of nitrogens with one attached hydrogen (secondary N) is 1. The second kappa shape index (κ2) is 8.82. The highest BCUT2D eigenvalue weighted by Crippen LogP contribution is 2.22. The van der Waals surface area contributed by atoms with Crippen molar-refractivity contribution in [2.45, 2.75) is 59.0 Å². The maximum Gasteiger partial charge on any atom is 0.220 e. The topological polar surface area (TPSA) is 55.4 Å². The van der Waals surface area contributed by atoms with Gasteiger partial charge in [0.2, 0.25) is 5.91 Å². The van der Waals surface area contributed by atoms with Crippen molar-refractivity contribution in [2.24, 2.45) is 0 Å². The Bertz CT molecular complexity index is 512. The van der Waals surface area contributed by atoms with E-state index >= 15 is 0 Å². The van der Waals surface area contributed by atoms with Crippen molar-refractivity contribution < 1.29 is 14.3 Å². The van der Waals surface area contributed by atoms with Gasteiger partial charge in [-0.1, -0.05) is 45.0 Å².